The van der Waals surface area contributed by atoms with Crippen LogP contribution in [0.2, 0.25) is 0 Å². The van der Waals surface area contributed by atoms with Crippen molar-refractivity contribution in [3.05, 3.63) is 66.1 Å². The van der Waals surface area contributed by atoms with Gasteiger partial charge in [-0.2, -0.15) is 13.2 Å². The standard InChI is InChI=1S/C22H20F3N5O2/c1-12-10-26-20-18(12)19(27-11-28-20)13-7-8-15(14(9-13)22(23,24)25)29-21(31)30-16-5-3-4-6-17(16)32-2/h3-11,21,29-31H,1-2H3,(H,26,27,28). The number of halogens is 3. The normalized spacial score (nSPS) is 12.6. The third kappa shape index (κ3) is 4.17. The van der Waals surface area contributed by atoms with Crippen molar-refractivity contribution in [1.29, 1.82) is 0 Å². The molecule has 2 aromatic carbocycles. The van der Waals surface area contributed by atoms with Crippen LogP contribution < -0.4 is 15.4 Å². The highest BCUT2D eigenvalue weighted by atomic mass is 19.4. The number of hydrogen-bond donors (Lipinski definition) is 4. The van der Waals surface area contributed by atoms with E-state index in [4.69, 9.17) is 4.74 Å². The van der Waals surface area contributed by atoms with E-state index < -0.39 is 18.1 Å². The highest BCUT2D eigenvalue weighted by molar-refractivity contribution is 5.93. The molecular formula is C22H20F3N5O2. The minimum atomic E-state index is -4.66. The Bertz CT molecular complexity index is 1260. The molecule has 7 nitrogen and oxygen atoms in total. The largest absolute Gasteiger partial charge is 0.495 e. The summed E-state index contributed by atoms with van der Waals surface area (Å²) in [5.74, 6) is 0.439. The number of rotatable bonds is 6. The van der Waals surface area contributed by atoms with E-state index in [1.165, 1.54) is 25.6 Å². The van der Waals surface area contributed by atoms with Crippen molar-refractivity contribution < 1.29 is 23.0 Å². The fourth-order valence-corrected chi connectivity index (χ4v) is 3.48. The van der Waals surface area contributed by atoms with Gasteiger partial charge in [-0.1, -0.05) is 18.2 Å². The zero-order chi connectivity index (χ0) is 22.9. The van der Waals surface area contributed by atoms with Gasteiger partial charge in [0.1, 0.15) is 17.7 Å². The van der Waals surface area contributed by atoms with Gasteiger partial charge < -0.3 is 25.5 Å². The fourth-order valence-electron chi connectivity index (χ4n) is 3.48. The van der Waals surface area contributed by atoms with E-state index in [0.29, 0.717) is 28.2 Å². The zero-order valence-electron chi connectivity index (χ0n) is 17.2. The summed E-state index contributed by atoms with van der Waals surface area (Å²) in [5.41, 5.74) is 1.24. The Morgan fingerprint density at radius 2 is 1.81 bits per heavy atom. The van der Waals surface area contributed by atoms with Crippen LogP contribution in [0.3, 0.4) is 0 Å². The molecule has 2 aromatic heterocycles. The number of nitrogens with zero attached hydrogens (tertiary/aromatic N) is 2. The summed E-state index contributed by atoms with van der Waals surface area (Å²) in [6, 6.07) is 10.5. The number of nitrogens with one attached hydrogen (secondary N) is 3. The molecule has 0 aliphatic heterocycles. The number of methoxy groups -OCH3 is 1. The first-order chi connectivity index (χ1) is 15.3. The molecule has 1 atom stereocenters. The van der Waals surface area contributed by atoms with E-state index >= 15 is 0 Å². The maximum atomic E-state index is 13.9. The highest BCUT2D eigenvalue weighted by Gasteiger charge is 2.34. The maximum Gasteiger partial charge on any atom is 0.418 e. The van der Waals surface area contributed by atoms with Crippen molar-refractivity contribution in [1.82, 2.24) is 15.0 Å². The number of alkyl halides is 3. The number of H-pyrrole nitrogens is 1. The molecule has 2 heterocycles. The lowest BCUT2D eigenvalue weighted by Crippen LogP contribution is -2.29. The van der Waals surface area contributed by atoms with Crippen molar-refractivity contribution in [2.24, 2.45) is 0 Å². The van der Waals surface area contributed by atoms with E-state index in [1.54, 1.807) is 30.5 Å². The Hall–Kier alpha value is -3.79. The topological polar surface area (TPSA) is 95.1 Å². The van der Waals surface area contributed by atoms with E-state index in [1.807, 2.05) is 6.92 Å². The van der Waals surface area contributed by atoms with Gasteiger partial charge in [0, 0.05) is 22.8 Å². The lowest BCUT2D eigenvalue weighted by atomic mass is 10.0. The summed E-state index contributed by atoms with van der Waals surface area (Å²) in [4.78, 5) is 11.3. The van der Waals surface area contributed by atoms with Crippen LogP contribution in [0.25, 0.3) is 22.3 Å². The molecule has 0 spiro atoms. The summed E-state index contributed by atoms with van der Waals surface area (Å²) in [6.07, 6.45) is -3.14. The van der Waals surface area contributed by atoms with Crippen LogP contribution in [-0.4, -0.2) is 33.5 Å². The molecule has 32 heavy (non-hydrogen) atoms. The predicted octanol–water partition coefficient (Wildman–Crippen LogP) is 4.76. The molecule has 4 rings (SSSR count). The van der Waals surface area contributed by atoms with Gasteiger partial charge in [0.25, 0.3) is 0 Å². The average molecular weight is 443 g/mol. The van der Waals surface area contributed by atoms with Crippen LogP contribution >= 0.6 is 0 Å². The van der Waals surface area contributed by atoms with Crippen LogP contribution in [0, 0.1) is 6.92 Å². The second-order valence-corrected chi connectivity index (χ2v) is 7.07. The Balaban J connectivity index is 1.68. The van der Waals surface area contributed by atoms with Crippen LogP contribution in [0.15, 0.2) is 55.0 Å². The number of aryl methyl sites for hydroxylation is 1. The van der Waals surface area contributed by atoms with Gasteiger partial charge in [-0.25, -0.2) is 9.97 Å². The number of aliphatic hydroxyl groups excluding tert-OH is 1. The lowest BCUT2D eigenvalue weighted by molar-refractivity contribution is -0.137. The molecule has 1 unspecified atom stereocenters. The minimum Gasteiger partial charge on any atom is -0.495 e. The Kier molecular flexibility index (Phi) is 5.62. The molecule has 0 fully saturated rings. The van der Waals surface area contributed by atoms with Crippen LogP contribution in [0.4, 0.5) is 24.5 Å². The number of aliphatic hydroxyl groups is 1. The van der Waals surface area contributed by atoms with Crippen molar-refractivity contribution in [3.63, 3.8) is 0 Å². The number of para-hydroxylation sites is 2. The number of hydrogen-bond acceptors (Lipinski definition) is 6. The summed E-state index contributed by atoms with van der Waals surface area (Å²) < 4.78 is 46.8. The molecule has 10 heteroatoms. The molecule has 0 aliphatic carbocycles. The SMILES string of the molecule is COc1ccccc1NC(O)Nc1ccc(-c2ncnc3[nH]cc(C)c23)cc1C(F)(F)F. The van der Waals surface area contributed by atoms with Gasteiger partial charge in [-0.05, 0) is 36.8 Å². The monoisotopic (exact) mass is 443 g/mol. The number of fused-ring (bicyclic) bond motifs is 1. The molecule has 0 amide bonds. The van der Waals surface area contributed by atoms with Gasteiger partial charge in [0.2, 0.25) is 6.35 Å². The van der Waals surface area contributed by atoms with E-state index in [2.05, 4.69) is 25.6 Å². The van der Waals surface area contributed by atoms with Crippen LogP contribution in [-0.2, 0) is 6.18 Å². The lowest BCUT2D eigenvalue weighted by Gasteiger charge is -2.21. The van der Waals surface area contributed by atoms with Crippen molar-refractivity contribution in [2.45, 2.75) is 19.5 Å². The van der Waals surface area contributed by atoms with Gasteiger partial charge in [0.05, 0.1) is 24.1 Å². The summed E-state index contributed by atoms with van der Waals surface area (Å²) in [5, 5.41) is 16.1. The van der Waals surface area contributed by atoms with E-state index in [9.17, 15) is 18.3 Å². The van der Waals surface area contributed by atoms with Crippen molar-refractivity contribution in [3.8, 4) is 17.0 Å². The number of ether oxygens (including phenoxy) is 1. The molecule has 4 aromatic rings. The first-order valence-electron chi connectivity index (χ1n) is 9.62. The molecule has 0 bridgehead atoms. The summed E-state index contributed by atoms with van der Waals surface area (Å²) >= 11 is 0. The average Bonchev–Trinajstić information content (AvgIpc) is 3.15. The van der Waals surface area contributed by atoms with Gasteiger partial charge in [-0.15, -0.1) is 0 Å². The van der Waals surface area contributed by atoms with Crippen molar-refractivity contribution in [2.75, 3.05) is 17.7 Å². The smallest absolute Gasteiger partial charge is 0.418 e. The number of anilines is 2. The third-order valence-electron chi connectivity index (χ3n) is 4.96. The highest BCUT2D eigenvalue weighted by Crippen LogP contribution is 2.39. The van der Waals surface area contributed by atoms with Crippen molar-refractivity contribution >= 4 is 22.4 Å². The first-order valence-corrected chi connectivity index (χ1v) is 9.62. The van der Waals surface area contributed by atoms with Gasteiger partial charge >= 0.3 is 6.18 Å². The van der Waals surface area contributed by atoms with Crippen LogP contribution in [0.5, 0.6) is 5.75 Å². The summed E-state index contributed by atoms with van der Waals surface area (Å²) in [6.45, 7) is 1.83. The molecule has 4 N–H and O–H groups in total. The van der Waals surface area contributed by atoms with Gasteiger partial charge in [0.15, 0.2) is 0 Å². The molecule has 0 saturated heterocycles. The summed E-state index contributed by atoms with van der Waals surface area (Å²) in [7, 11) is 1.46. The predicted molar refractivity (Wildman–Crippen MR) is 115 cm³/mol. The Morgan fingerprint density at radius 3 is 2.56 bits per heavy atom. The van der Waals surface area contributed by atoms with E-state index in [0.717, 1.165) is 11.6 Å². The second kappa shape index (κ2) is 8.39. The number of benzene rings is 2. The number of aromatic nitrogens is 3. The quantitative estimate of drug-likeness (QED) is 0.321. The Morgan fingerprint density at radius 1 is 1.06 bits per heavy atom. The maximum absolute atomic E-state index is 13.9. The zero-order valence-corrected chi connectivity index (χ0v) is 17.2. The molecule has 0 aliphatic rings. The minimum absolute atomic E-state index is 0.283. The fraction of sp³-hybridized carbons (Fsp3) is 0.182. The molecular weight excluding hydrogens is 423 g/mol. The van der Waals surface area contributed by atoms with E-state index in [-0.39, 0.29) is 11.3 Å². The molecule has 0 radical (unpaired) electrons. The van der Waals surface area contributed by atoms with Gasteiger partial charge in [-0.3, -0.25) is 0 Å². The Labute approximate surface area is 181 Å². The third-order valence-corrected chi connectivity index (χ3v) is 4.96. The first kappa shape index (κ1) is 21.4. The van der Waals surface area contributed by atoms with Crippen LogP contribution in [0.1, 0.15) is 11.1 Å². The number of aromatic amines is 1. The molecule has 0 saturated carbocycles. The molecule has 166 valence electrons. The second-order valence-electron chi connectivity index (χ2n) is 7.07.